The number of amides is 2. The highest BCUT2D eigenvalue weighted by Gasteiger charge is 2.31. The van der Waals surface area contributed by atoms with E-state index in [1.54, 1.807) is 0 Å². The molecule has 0 unspecified atom stereocenters. The number of benzene rings is 2. The van der Waals surface area contributed by atoms with E-state index >= 15 is 0 Å². The standard InChI is InChI=1S/C22H22ClN3O/c1-16-18(23)9-5-10-19(16)24-22(27)26-14-13-25-12-6-11-20(25)21(26)15-17-7-3-2-4-8-17/h2-12,21H,13-15H2,1H3,(H,24,27)/t21-/m1/s1. The van der Waals surface area contributed by atoms with Gasteiger partial charge in [-0.05, 0) is 48.7 Å². The number of carbonyl (C=O) groups is 1. The number of nitrogens with zero attached hydrogens (tertiary/aromatic N) is 2. The van der Waals surface area contributed by atoms with Crippen LogP contribution < -0.4 is 5.32 Å². The van der Waals surface area contributed by atoms with E-state index in [1.165, 1.54) is 11.3 Å². The fourth-order valence-electron chi connectivity index (χ4n) is 3.69. The molecule has 5 heteroatoms. The van der Waals surface area contributed by atoms with Crippen LogP contribution in [0, 0.1) is 6.92 Å². The summed E-state index contributed by atoms with van der Waals surface area (Å²) < 4.78 is 2.24. The summed E-state index contributed by atoms with van der Waals surface area (Å²) in [5, 5.41) is 3.71. The number of nitrogens with one attached hydrogen (secondary N) is 1. The Morgan fingerprint density at radius 1 is 1.07 bits per heavy atom. The van der Waals surface area contributed by atoms with Crippen LogP contribution in [0.2, 0.25) is 5.02 Å². The molecule has 2 amide bonds. The molecule has 0 bridgehead atoms. The number of carbonyl (C=O) groups excluding carboxylic acids is 1. The van der Waals surface area contributed by atoms with E-state index < -0.39 is 0 Å². The summed E-state index contributed by atoms with van der Waals surface area (Å²) in [5.41, 5.74) is 4.02. The van der Waals surface area contributed by atoms with Crippen molar-refractivity contribution < 1.29 is 4.79 Å². The first-order valence-electron chi connectivity index (χ1n) is 9.15. The third kappa shape index (κ3) is 3.58. The second kappa shape index (κ2) is 7.49. The van der Waals surface area contributed by atoms with E-state index in [1.807, 2.05) is 48.2 Å². The third-order valence-electron chi connectivity index (χ3n) is 5.21. The van der Waals surface area contributed by atoms with Gasteiger partial charge in [-0.1, -0.05) is 48.0 Å². The second-order valence-corrected chi connectivity index (χ2v) is 7.28. The van der Waals surface area contributed by atoms with Crippen LogP contribution in [0.25, 0.3) is 0 Å². The maximum absolute atomic E-state index is 13.1. The maximum atomic E-state index is 13.1. The second-order valence-electron chi connectivity index (χ2n) is 6.87. The van der Waals surface area contributed by atoms with Crippen LogP contribution in [-0.2, 0) is 13.0 Å². The van der Waals surface area contributed by atoms with Crippen LogP contribution in [0.5, 0.6) is 0 Å². The van der Waals surface area contributed by atoms with Crippen molar-refractivity contribution in [3.05, 3.63) is 88.7 Å². The molecule has 0 saturated carbocycles. The predicted octanol–water partition coefficient (Wildman–Crippen LogP) is 5.28. The van der Waals surface area contributed by atoms with Gasteiger partial charge in [0.2, 0.25) is 0 Å². The van der Waals surface area contributed by atoms with Gasteiger partial charge in [-0.15, -0.1) is 0 Å². The van der Waals surface area contributed by atoms with Crippen LogP contribution in [0.4, 0.5) is 10.5 Å². The van der Waals surface area contributed by atoms with Crippen molar-refractivity contribution in [1.29, 1.82) is 0 Å². The Labute approximate surface area is 164 Å². The molecular weight excluding hydrogens is 358 g/mol. The summed E-state index contributed by atoms with van der Waals surface area (Å²) in [6.45, 7) is 3.39. The predicted molar refractivity (Wildman–Crippen MR) is 109 cm³/mol. The van der Waals surface area contributed by atoms with E-state index in [-0.39, 0.29) is 12.1 Å². The fraction of sp³-hybridized carbons (Fsp3) is 0.227. The van der Waals surface area contributed by atoms with E-state index in [0.29, 0.717) is 11.6 Å². The zero-order valence-electron chi connectivity index (χ0n) is 15.2. The van der Waals surface area contributed by atoms with Crippen molar-refractivity contribution in [3.8, 4) is 0 Å². The van der Waals surface area contributed by atoms with Crippen molar-refractivity contribution in [2.45, 2.75) is 25.9 Å². The van der Waals surface area contributed by atoms with Gasteiger partial charge in [0.05, 0.1) is 6.04 Å². The normalized spacial score (nSPS) is 16.1. The largest absolute Gasteiger partial charge is 0.348 e. The summed E-state index contributed by atoms with van der Waals surface area (Å²) in [4.78, 5) is 15.1. The smallest absolute Gasteiger partial charge is 0.322 e. The molecule has 1 aliphatic heterocycles. The molecule has 3 aromatic rings. The van der Waals surface area contributed by atoms with Crippen molar-refractivity contribution in [1.82, 2.24) is 9.47 Å². The molecule has 1 aliphatic rings. The molecular formula is C22H22ClN3O. The molecule has 138 valence electrons. The Kier molecular flexibility index (Phi) is 4.90. The summed E-state index contributed by atoms with van der Waals surface area (Å²) in [6.07, 6.45) is 2.87. The molecule has 1 atom stereocenters. The average molecular weight is 380 g/mol. The lowest BCUT2D eigenvalue weighted by Crippen LogP contribution is -2.44. The first-order chi connectivity index (χ1) is 13.1. The van der Waals surface area contributed by atoms with Gasteiger partial charge in [-0.2, -0.15) is 0 Å². The van der Waals surface area contributed by atoms with E-state index in [4.69, 9.17) is 11.6 Å². The molecule has 2 heterocycles. The Morgan fingerprint density at radius 3 is 2.70 bits per heavy atom. The van der Waals surface area contributed by atoms with Crippen LogP contribution in [0.15, 0.2) is 66.9 Å². The number of aromatic nitrogens is 1. The molecule has 0 saturated heterocycles. The topological polar surface area (TPSA) is 37.3 Å². The monoisotopic (exact) mass is 379 g/mol. The number of hydrogen-bond acceptors (Lipinski definition) is 1. The summed E-state index contributed by atoms with van der Waals surface area (Å²) >= 11 is 6.20. The number of fused-ring (bicyclic) bond motifs is 1. The average Bonchev–Trinajstić information content (AvgIpc) is 3.16. The van der Waals surface area contributed by atoms with Crippen LogP contribution in [0.3, 0.4) is 0 Å². The molecule has 0 aliphatic carbocycles. The Hall–Kier alpha value is -2.72. The van der Waals surface area contributed by atoms with E-state index in [9.17, 15) is 4.79 Å². The van der Waals surface area contributed by atoms with Gasteiger partial charge in [0.1, 0.15) is 0 Å². The maximum Gasteiger partial charge on any atom is 0.322 e. The van der Waals surface area contributed by atoms with Crippen molar-refractivity contribution in [3.63, 3.8) is 0 Å². The molecule has 1 N–H and O–H groups in total. The number of halogens is 1. The minimum absolute atomic E-state index is 0.00404. The molecule has 0 spiro atoms. The number of anilines is 1. The lowest BCUT2D eigenvalue weighted by Gasteiger charge is -2.37. The Morgan fingerprint density at radius 2 is 1.89 bits per heavy atom. The van der Waals surface area contributed by atoms with Crippen molar-refractivity contribution in [2.24, 2.45) is 0 Å². The van der Waals surface area contributed by atoms with E-state index in [2.05, 4.69) is 40.3 Å². The van der Waals surface area contributed by atoms with Crippen LogP contribution in [-0.4, -0.2) is 22.0 Å². The number of urea groups is 1. The SMILES string of the molecule is Cc1c(Cl)cccc1NC(=O)N1CCn2cccc2[C@H]1Cc1ccccc1. The van der Waals surface area contributed by atoms with Gasteiger partial charge in [0, 0.05) is 35.7 Å². The lowest BCUT2D eigenvalue weighted by molar-refractivity contribution is 0.167. The molecule has 27 heavy (non-hydrogen) atoms. The number of hydrogen-bond donors (Lipinski definition) is 1. The molecule has 4 rings (SSSR count). The minimum Gasteiger partial charge on any atom is -0.348 e. The highest BCUT2D eigenvalue weighted by molar-refractivity contribution is 6.31. The van der Waals surface area contributed by atoms with E-state index in [0.717, 1.165) is 24.2 Å². The molecule has 2 aromatic carbocycles. The molecule has 0 fully saturated rings. The van der Waals surface area contributed by atoms with Gasteiger partial charge in [-0.25, -0.2) is 4.79 Å². The van der Waals surface area contributed by atoms with Crippen molar-refractivity contribution >= 4 is 23.3 Å². The Bertz CT molecular complexity index is 951. The van der Waals surface area contributed by atoms with Crippen molar-refractivity contribution in [2.75, 3.05) is 11.9 Å². The molecule has 4 nitrogen and oxygen atoms in total. The van der Waals surface area contributed by atoms with Gasteiger partial charge in [0.15, 0.2) is 0 Å². The first-order valence-corrected chi connectivity index (χ1v) is 9.53. The highest BCUT2D eigenvalue weighted by atomic mass is 35.5. The zero-order valence-corrected chi connectivity index (χ0v) is 16.0. The third-order valence-corrected chi connectivity index (χ3v) is 5.62. The Balaban J connectivity index is 1.61. The zero-order chi connectivity index (χ0) is 18.8. The first kappa shape index (κ1) is 17.7. The number of rotatable bonds is 3. The van der Waals surface area contributed by atoms with Gasteiger partial charge < -0.3 is 14.8 Å². The lowest BCUT2D eigenvalue weighted by atomic mass is 10.0. The summed E-state index contributed by atoms with van der Waals surface area (Å²) in [7, 11) is 0. The summed E-state index contributed by atoms with van der Waals surface area (Å²) in [6, 6.07) is 20.0. The quantitative estimate of drug-likeness (QED) is 0.660. The van der Waals surface area contributed by atoms with Crippen LogP contribution in [0.1, 0.15) is 22.9 Å². The van der Waals surface area contributed by atoms with Crippen LogP contribution >= 0.6 is 11.6 Å². The summed E-state index contributed by atoms with van der Waals surface area (Å²) in [5.74, 6) is 0. The van der Waals surface area contributed by atoms with Gasteiger partial charge in [0.25, 0.3) is 0 Å². The van der Waals surface area contributed by atoms with Gasteiger partial charge >= 0.3 is 6.03 Å². The molecule has 1 aromatic heterocycles. The minimum atomic E-state index is -0.0891. The van der Waals surface area contributed by atoms with Gasteiger partial charge in [-0.3, -0.25) is 0 Å². The highest BCUT2D eigenvalue weighted by Crippen LogP contribution is 2.31. The molecule has 0 radical (unpaired) electrons. The fourth-order valence-corrected chi connectivity index (χ4v) is 3.86.